The molecule has 0 bridgehead atoms. The molecular weight excluding hydrogens is 307 g/mol. The molecule has 104 valence electrons. The highest BCUT2D eigenvalue weighted by molar-refractivity contribution is 8.00. The third-order valence-corrected chi connectivity index (χ3v) is 4.51. The van der Waals surface area contributed by atoms with E-state index in [4.69, 9.17) is 28.3 Å². The Morgan fingerprint density at radius 1 is 1.32 bits per heavy atom. The second-order valence-corrected chi connectivity index (χ2v) is 6.27. The number of hydrogen-bond acceptors (Lipinski definition) is 3. The monoisotopic (exact) mass is 320 g/mol. The summed E-state index contributed by atoms with van der Waals surface area (Å²) in [5, 5.41) is 9.11. The Labute approximate surface area is 126 Å². The summed E-state index contributed by atoms with van der Waals surface area (Å²) in [4.78, 5) is 23.1. The van der Waals surface area contributed by atoms with Crippen molar-refractivity contribution in [3.8, 4) is 0 Å². The van der Waals surface area contributed by atoms with Gasteiger partial charge in [-0.15, -0.1) is 11.8 Å². The second kappa shape index (κ2) is 7.17. The number of ketones is 1. The van der Waals surface area contributed by atoms with E-state index >= 15 is 0 Å². The van der Waals surface area contributed by atoms with Gasteiger partial charge in [-0.25, -0.2) is 0 Å². The van der Waals surface area contributed by atoms with Crippen LogP contribution in [-0.4, -0.2) is 27.9 Å². The number of rotatable bonds is 6. The van der Waals surface area contributed by atoms with Crippen molar-refractivity contribution in [3.05, 3.63) is 33.3 Å². The highest BCUT2D eigenvalue weighted by Gasteiger charge is 2.22. The van der Waals surface area contributed by atoms with Gasteiger partial charge in [0.15, 0.2) is 5.78 Å². The largest absolute Gasteiger partial charge is 0.480 e. The Balaban J connectivity index is 2.91. The fraction of sp³-hybridized carbons (Fsp3) is 0.385. The summed E-state index contributed by atoms with van der Waals surface area (Å²) in [7, 11) is 0. The fourth-order valence-corrected chi connectivity index (χ4v) is 2.81. The zero-order valence-electron chi connectivity index (χ0n) is 10.6. The van der Waals surface area contributed by atoms with Crippen LogP contribution in [0.2, 0.25) is 10.0 Å². The fourth-order valence-electron chi connectivity index (χ4n) is 1.51. The highest BCUT2D eigenvalue weighted by atomic mass is 35.5. The lowest BCUT2D eigenvalue weighted by molar-refractivity contribution is -0.136. The summed E-state index contributed by atoms with van der Waals surface area (Å²) in [6.07, 6.45) is -0.0659. The van der Waals surface area contributed by atoms with Gasteiger partial charge in [-0.3, -0.25) is 9.59 Å². The molecule has 0 amide bonds. The summed E-state index contributed by atoms with van der Waals surface area (Å²) in [6.45, 7) is 3.61. The minimum absolute atomic E-state index is 0.0659. The molecular formula is C13H14Cl2O3S. The molecule has 0 radical (unpaired) electrons. The minimum Gasteiger partial charge on any atom is -0.480 e. The molecule has 6 heteroatoms. The van der Waals surface area contributed by atoms with Crippen molar-refractivity contribution < 1.29 is 14.7 Å². The number of carboxylic acids is 1. The van der Waals surface area contributed by atoms with Gasteiger partial charge in [0.25, 0.3) is 0 Å². The summed E-state index contributed by atoms with van der Waals surface area (Å²) >= 11 is 13.2. The third-order valence-electron chi connectivity index (χ3n) is 2.62. The normalized spacial score (nSPS) is 12.2. The molecule has 1 N–H and O–H groups in total. The number of hydrogen-bond donors (Lipinski definition) is 1. The maximum absolute atomic E-state index is 12.1. The third kappa shape index (κ3) is 4.41. The van der Waals surface area contributed by atoms with Gasteiger partial charge in [0, 0.05) is 22.0 Å². The zero-order chi connectivity index (χ0) is 14.6. The number of thioether (sulfide) groups is 1. The van der Waals surface area contributed by atoms with E-state index in [9.17, 15) is 9.59 Å². The number of Topliss-reactive ketones (excluding diaryl/α,β-unsaturated/α-hetero) is 1. The van der Waals surface area contributed by atoms with E-state index in [1.54, 1.807) is 6.92 Å². The SMILES string of the molecule is CCSC(CC(=O)c1cc(Cl)c(C)c(Cl)c1)C(=O)O. The van der Waals surface area contributed by atoms with Gasteiger partial charge in [-0.05, 0) is 30.4 Å². The summed E-state index contributed by atoms with van der Waals surface area (Å²) in [5.74, 6) is -0.610. The van der Waals surface area contributed by atoms with Crippen molar-refractivity contribution in [1.29, 1.82) is 0 Å². The molecule has 1 aromatic rings. The second-order valence-electron chi connectivity index (χ2n) is 3.97. The first-order valence-corrected chi connectivity index (χ1v) is 7.50. The molecule has 0 saturated heterocycles. The van der Waals surface area contributed by atoms with Crippen molar-refractivity contribution in [3.63, 3.8) is 0 Å². The van der Waals surface area contributed by atoms with Crippen LogP contribution in [0.1, 0.15) is 29.3 Å². The van der Waals surface area contributed by atoms with Crippen LogP contribution in [0, 0.1) is 6.92 Å². The van der Waals surface area contributed by atoms with Crippen LogP contribution in [0.3, 0.4) is 0 Å². The Hall–Kier alpha value is -0.710. The molecule has 0 aliphatic carbocycles. The minimum atomic E-state index is -0.982. The lowest BCUT2D eigenvalue weighted by Crippen LogP contribution is -2.21. The van der Waals surface area contributed by atoms with Crippen LogP contribution in [0.15, 0.2) is 12.1 Å². The van der Waals surface area contributed by atoms with Gasteiger partial charge < -0.3 is 5.11 Å². The van der Waals surface area contributed by atoms with Crippen molar-refractivity contribution in [2.24, 2.45) is 0 Å². The van der Waals surface area contributed by atoms with E-state index < -0.39 is 11.2 Å². The molecule has 1 aromatic carbocycles. The van der Waals surface area contributed by atoms with E-state index in [0.29, 0.717) is 26.9 Å². The van der Waals surface area contributed by atoms with Gasteiger partial charge >= 0.3 is 5.97 Å². The Bertz CT molecular complexity index is 480. The van der Waals surface area contributed by atoms with Crippen LogP contribution in [-0.2, 0) is 4.79 Å². The van der Waals surface area contributed by atoms with Gasteiger partial charge in [0.1, 0.15) is 5.25 Å². The first kappa shape index (κ1) is 16.3. The quantitative estimate of drug-likeness (QED) is 0.802. The van der Waals surface area contributed by atoms with E-state index in [-0.39, 0.29) is 12.2 Å². The highest BCUT2D eigenvalue weighted by Crippen LogP contribution is 2.27. The number of aliphatic carboxylic acids is 1. The summed E-state index contributed by atoms with van der Waals surface area (Å²) < 4.78 is 0. The Kier molecular flexibility index (Phi) is 6.17. The van der Waals surface area contributed by atoms with Crippen LogP contribution in [0.5, 0.6) is 0 Å². The number of halogens is 2. The molecule has 0 saturated carbocycles. The summed E-state index contributed by atoms with van der Waals surface area (Å²) in [6, 6.07) is 3.06. The van der Waals surface area contributed by atoms with Crippen LogP contribution in [0.4, 0.5) is 0 Å². The van der Waals surface area contributed by atoms with Crippen molar-refractivity contribution in [1.82, 2.24) is 0 Å². The maximum atomic E-state index is 12.1. The van der Waals surface area contributed by atoms with Gasteiger partial charge in [-0.2, -0.15) is 0 Å². The van der Waals surface area contributed by atoms with Crippen LogP contribution < -0.4 is 0 Å². The number of carboxylic acid groups (broad SMARTS) is 1. The van der Waals surface area contributed by atoms with Crippen molar-refractivity contribution in [2.45, 2.75) is 25.5 Å². The number of benzene rings is 1. The number of carbonyl (C=O) groups excluding carboxylic acids is 1. The van der Waals surface area contributed by atoms with Crippen LogP contribution in [0.25, 0.3) is 0 Å². The molecule has 3 nitrogen and oxygen atoms in total. The molecule has 0 heterocycles. The Morgan fingerprint density at radius 3 is 2.26 bits per heavy atom. The Morgan fingerprint density at radius 2 is 1.84 bits per heavy atom. The van der Waals surface area contributed by atoms with E-state index in [2.05, 4.69) is 0 Å². The van der Waals surface area contributed by atoms with Gasteiger partial charge in [0.2, 0.25) is 0 Å². The van der Waals surface area contributed by atoms with Gasteiger partial charge in [0.05, 0.1) is 0 Å². The lowest BCUT2D eigenvalue weighted by Gasteiger charge is -2.11. The smallest absolute Gasteiger partial charge is 0.317 e. The standard InChI is InChI=1S/C13H14Cl2O3S/c1-3-19-12(13(17)18)6-11(16)8-4-9(14)7(2)10(15)5-8/h4-5,12H,3,6H2,1-2H3,(H,17,18). The van der Waals surface area contributed by atoms with E-state index in [1.165, 1.54) is 23.9 Å². The summed E-state index contributed by atoms with van der Waals surface area (Å²) in [5.41, 5.74) is 1.06. The molecule has 1 rings (SSSR count). The molecule has 1 unspecified atom stereocenters. The predicted molar refractivity (Wildman–Crippen MR) is 79.7 cm³/mol. The van der Waals surface area contributed by atoms with E-state index in [1.807, 2.05) is 6.92 Å². The van der Waals surface area contributed by atoms with Crippen molar-refractivity contribution in [2.75, 3.05) is 5.75 Å². The molecule has 0 spiro atoms. The molecule has 0 aliphatic heterocycles. The molecule has 1 atom stereocenters. The van der Waals surface area contributed by atoms with Crippen LogP contribution >= 0.6 is 35.0 Å². The first-order chi connectivity index (χ1) is 8.86. The number of carbonyl (C=O) groups is 2. The molecule has 0 aliphatic rings. The molecule has 0 fully saturated rings. The molecule has 19 heavy (non-hydrogen) atoms. The van der Waals surface area contributed by atoms with Crippen molar-refractivity contribution >= 4 is 46.7 Å². The van der Waals surface area contributed by atoms with E-state index in [0.717, 1.165) is 0 Å². The average molecular weight is 321 g/mol. The maximum Gasteiger partial charge on any atom is 0.317 e. The predicted octanol–water partition coefficient (Wildman–Crippen LogP) is 4.08. The lowest BCUT2D eigenvalue weighted by atomic mass is 10.0. The topological polar surface area (TPSA) is 54.4 Å². The van der Waals surface area contributed by atoms with Gasteiger partial charge in [-0.1, -0.05) is 30.1 Å². The first-order valence-electron chi connectivity index (χ1n) is 5.70. The molecule has 0 aromatic heterocycles. The zero-order valence-corrected chi connectivity index (χ0v) is 12.9. The average Bonchev–Trinajstić information content (AvgIpc) is 2.34.